The summed E-state index contributed by atoms with van der Waals surface area (Å²) >= 11 is 6.21. The Balaban J connectivity index is 2.32. The SMILES string of the molecule is COc1ccc(CC2(O)CC2)c(Cl)c1OC. The smallest absolute Gasteiger partial charge is 0.179 e. The van der Waals surface area contributed by atoms with Crippen LogP contribution in [0.15, 0.2) is 12.1 Å². The maximum atomic E-state index is 9.87. The minimum Gasteiger partial charge on any atom is -0.493 e. The molecule has 1 saturated carbocycles. The van der Waals surface area contributed by atoms with E-state index >= 15 is 0 Å². The minimum atomic E-state index is -0.552. The maximum absolute atomic E-state index is 9.87. The minimum absolute atomic E-state index is 0.530. The van der Waals surface area contributed by atoms with Crippen molar-refractivity contribution in [3.8, 4) is 11.5 Å². The molecule has 0 radical (unpaired) electrons. The summed E-state index contributed by atoms with van der Waals surface area (Å²) in [5.74, 6) is 1.14. The predicted octanol–water partition coefficient (Wildman–Crippen LogP) is 2.42. The van der Waals surface area contributed by atoms with Crippen LogP contribution in [0.5, 0.6) is 11.5 Å². The molecule has 0 heterocycles. The highest BCUT2D eigenvalue weighted by Gasteiger charge is 2.40. The zero-order chi connectivity index (χ0) is 11.8. The summed E-state index contributed by atoms with van der Waals surface area (Å²) in [4.78, 5) is 0. The zero-order valence-electron chi connectivity index (χ0n) is 9.42. The third-order valence-electron chi connectivity index (χ3n) is 2.91. The Morgan fingerprint density at radius 1 is 1.31 bits per heavy atom. The molecule has 1 aliphatic rings. The highest BCUT2D eigenvalue weighted by molar-refractivity contribution is 6.33. The first-order chi connectivity index (χ1) is 7.59. The van der Waals surface area contributed by atoms with Crippen LogP contribution in [0.3, 0.4) is 0 Å². The first kappa shape index (κ1) is 11.6. The molecule has 0 atom stereocenters. The van der Waals surface area contributed by atoms with Crippen LogP contribution in [-0.2, 0) is 6.42 Å². The molecule has 4 heteroatoms. The molecule has 0 bridgehead atoms. The van der Waals surface area contributed by atoms with Crippen LogP contribution in [0, 0.1) is 0 Å². The van der Waals surface area contributed by atoms with Crippen molar-refractivity contribution < 1.29 is 14.6 Å². The molecule has 0 aromatic heterocycles. The largest absolute Gasteiger partial charge is 0.493 e. The summed E-state index contributed by atoms with van der Waals surface area (Å²) in [6.45, 7) is 0. The van der Waals surface area contributed by atoms with Crippen molar-refractivity contribution in [1.82, 2.24) is 0 Å². The molecule has 0 unspecified atom stereocenters. The summed E-state index contributed by atoms with van der Waals surface area (Å²) in [5.41, 5.74) is 0.350. The lowest BCUT2D eigenvalue weighted by Gasteiger charge is -2.14. The second kappa shape index (κ2) is 4.15. The molecule has 0 aliphatic heterocycles. The molecular formula is C12H15ClO3. The van der Waals surface area contributed by atoms with E-state index in [4.69, 9.17) is 21.1 Å². The van der Waals surface area contributed by atoms with Gasteiger partial charge in [-0.3, -0.25) is 0 Å². The van der Waals surface area contributed by atoms with Crippen LogP contribution in [-0.4, -0.2) is 24.9 Å². The van der Waals surface area contributed by atoms with Crippen LogP contribution < -0.4 is 9.47 Å². The van der Waals surface area contributed by atoms with Gasteiger partial charge in [0.15, 0.2) is 11.5 Å². The van der Waals surface area contributed by atoms with Gasteiger partial charge >= 0.3 is 0 Å². The molecule has 88 valence electrons. The van der Waals surface area contributed by atoms with E-state index in [0.717, 1.165) is 18.4 Å². The van der Waals surface area contributed by atoms with Crippen LogP contribution in [0.4, 0.5) is 0 Å². The number of benzene rings is 1. The summed E-state index contributed by atoms with van der Waals surface area (Å²) in [7, 11) is 3.13. The van der Waals surface area contributed by atoms with E-state index in [1.54, 1.807) is 14.2 Å². The number of hydrogen-bond acceptors (Lipinski definition) is 3. The Kier molecular flexibility index (Phi) is 3.00. The highest BCUT2D eigenvalue weighted by Crippen LogP contribution is 2.43. The number of halogens is 1. The van der Waals surface area contributed by atoms with E-state index in [2.05, 4.69) is 0 Å². The normalized spacial score (nSPS) is 17.0. The van der Waals surface area contributed by atoms with Gasteiger partial charge in [-0.1, -0.05) is 17.7 Å². The molecule has 1 fully saturated rings. The number of ether oxygens (including phenoxy) is 2. The standard InChI is InChI=1S/C12H15ClO3/c1-15-9-4-3-8(7-12(14)5-6-12)10(13)11(9)16-2/h3-4,14H,5-7H2,1-2H3. The molecule has 16 heavy (non-hydrogen) atoms. The van der Waals surface area contributed by atoms with Crippen molar-refractivity contribution in [2.45, 2.75) is 24.9 Å². The molecule has 3 nitrogen and oxygen atoms in total. The van der Waals surface area contributed by atoms with Gasteiger partial charge in [-0.25, -0.2) is 0 Å². The van der Waals surface area contributed by atoms with Crippen LogP contribution in [0.1, 0.15) is 18.4 Å². The monoisotopic (exact) mass is 242 g/mol. The quantitative estimate of drug-likeness (QED) is 0.881. The Morgan fingerprint density at radius 2 is 2.00 bits per heavy atom. The van der Waals surface area contributed by atoms with Gasteiger partial charge in [-0.05, 0) is 24.5 Å². The lowest BCUT2D eigenvalue weighted by molar-refractivity contribution is 0.151. The summed E-state index contributed by atoms with van der Waals surface area (Å²) in [6, 6.07) is 3.69. The Bertz CT molecular complexity index is 399. The fraction of sp³-hybridized carbons (Fsp3) is 0.500. The molecule has 1 N–H and O–H groups in total. The summed E-state index contributed by atoms with van der Waals surface area (Å²) in [6.07, 6.45) is 2.27. The average molecular weight is 243 g/mol. The Labute approximate surface area is 99.9 Å². The van der Waals surface area contributed by atoms with Gasteiger partial charge in [0.25, 0.3) is 0 Å². The molecule has 0 spiro atoms. The molecular weight excluding hydrogens is 228 g/mol. The van der Waals surface area contributed by atoms with E-state index < -0.39 is 5.60 Å². The van der Waals surface area contributed by atoms with Crippen LogP contribution >= 0.6 is 11.6 Å². The summed E-state index contributed by atoms with van der Waals surface area (Å²) < 4.78 is 10.3. The van der Waals surface area contributed by atoms with Gasteiger partial charge in [-0.2, -0.15) is 0 Å². The van der Waals surface area contributed by atoms with Gasteiger partial charge < -0.3 is 14.6 Å². The molecule has 1 aromatic rings. The molecule has 1 aliphatic carbocycles. The lowest BCUT2D eigenvalue weighted by atomic mass is 10.1. The van der Waals surface area contributed by atoms with E-state index in [1.165, 1.54) is 0 Å². The van der Waals surface area contributed by atoms with Crippen molar-refractivity contribution in [1.29, 1.82) is 0 Å². The first-order valence-electron chi connectivity index (χ1n) is 5.21. The second-order valence-electron chi connectivity index (χ2n) is 4.18. The topological polar surface area (TPSA) is 38.7 Å². The Morgan fingerprint density at radius 3 is 2.50 bits per heavy atom. The third kappa shape index (κ3) is 2.11. The van der Waals surface area contributed by atoms with E-state index in [0.29, 0.717) is 22.9 Å². The Hall–Kier alpha value is -0.930. The maximum Gasteiger partial charge on any atom is 0.179 e. The van der Waals surface area contributed by atoms with Gasteiger partial charge in [0.05, 0.1) is 24.8 Å². The van der Waals surface area contributed by atoms with Gasteiger partial charge in [0, 0.05) is 6.42 Å². The number of hydrogen-bond donors (Lipinski definition) is 1. The van der Waals surface area contributed by atoms with Gasteiger partial charge in [0.1, 0.15) is 0 Å². The van der Waals surface area contributed by atoms with Crippen molar-refractivity contribution >= 4 is 11.6 Å². The van der Waals surface area contributed by atoms with E-state index in [1.807, 2.05) is 12.1 Å². The number of rotatable bonds is 4. The molecule has 0 saturated heterocycles. The number of methoxy groups -OCH3 is 2. The van der Waals surface area contributed by atoms with Crippen molar-refractivity contribution in [2.24, 2.45) is 0 Å². The number of aliphatic hydroxyl groups is 1. The highest BCUT2D eigenvalue weighted by atomic mass is 35.5. The fourth-order valence-corrected chi connectivity index (χ4v) is 2.04. The predicted molar refractivity (Wildman–Crippen MR) is 62.4 cm³/mol. The average Bonchev–Trinajstić information content (AvgIpc) is 2.99. The van der Waals surface area contributed by atoms with Crippen molar-refractivity contribution in [2.75, 3.05) is 14.2 Å². The summed E-state index contributed by atoms with van der Waals surface area (Å²) in [5, 5.41) is 10.4. The first-order valence-corrected chi connectivity index (χ1v) is 5.59. The van der Waals surface area contributed by atoms with Crippen molar-refractivity contribution in [3.63, 3.8) is 0 Å². The lowest BCUT2D eigenvalue weighted by Crippen LogP contribution is -2.11. The molecule has 0 amide bonds. The van der Waals surface area contributed by atoms with Crippen molar-refractivity contribution in [3.05, 3.63) is 22.7 Å². The third-order valence-corrected chi connectivity index (χ3v) is 3.33. The van der Waals surface area contributed by atoms with Gasteiger partial charge in [0.2, 0.25) is 0 Å². The van der Waals surface area contributed by atoms with Gasteiger partial charge in [-0.15, -0.1) is 0 Å². The second-order valence-corrected chi connectivity index (χ2v) is 4.55. The molecule has 2 rings (SSSR count). The van der Waals surface area contributed by atoms with Crippen LogP contribution in [0.25, 0.3) is 0 Å². The van der Waals surface area contributed by atoms with Crippen LogP contribution in [0.2, 0.25) is 5.02 Å². The zero-order valence-corrected chi connectivity index (χ0v) is 10.2. The van der Waals surface area contributed by atoms with E-state index in [9.17, 15) is 5.11 Å². The van der Waals surface area contributed by atoms with E-state index in [-0.39, 0.29) is 0 Å². The fourth-order valence-electron chi connectivity index (χ4n) is 1.74. The molecule has 1 aromatic carbocycles.